The number of benzene rings is 1. The third-order valence-corrected chi connectivity index (χ3v) is 2.37. The number of carbonyl (C=O) groups excluding carboxylic acids is 1. The van der Waals surface area contributed by atoms with Crippen molar-refractivity contribution in [2.75, 3.05) is 13.7 Å². The highest BCUT2D eigenvalue weighted by Crippen LogP contribution is 2.30. The third kappa shape index (κ3) is 2.48. The van der Waals surface area contributed by atoms with Gasteiger partial charge >= 0.3 is 5.97 Å². The number of hydrogen-bond donors (Lipinski definition) is 1. The summed E-state index contributed by atoms with van der Waals surface area (Å²) in [7, 11) is 1.18. The van der Waals surface area contributed by atoms with Crippen molar-refractivity contribution in [3.8, 4) is 0 Å². The Morgan fingerprint density at radius 1 is 1.56 bits per heavy atom. The minimum absolute atomic E-state index is 0.0424. The molecule has 88 valence electrons. The van der Waals surface area contributed by atoms with Crippen LogP contribution < -0.4 is 5.73 Å². The van der Waals surface area contributed by atoms with Crippen LogP contribution >= 0.6 is 11.6 Å². The van der Waals surface area contributed by atoms with Crippen molar-refractivity contribution in [3.63, 3.8) is 0 Å². The van der Waals surface area contributed by atoms with E-state index >= 15 is 0 Å². The lowest BCUT2D eigenvalue weighted by Crippen LogP contribution is -2.25. The van der Waals surface area contributed by atoms with Gasteiger partial charge in [-0.25, -0.2) is 4.79 Å². The Balaban J connectivity index is 3.14. The fourth-order valence-electron chi connectivity index (χ4n) is 1.14. The zero-order valence-electron chi connectivity index (χ0n) is 8.47. The average molecular weight is 250 g/mol. The number of methoxy groups -OCH3 is 1. The predicted octanol–water partition coefficient (Wildman–Crippen LogP) is 2.18. The predicted molar refractivity (Wildman–Crippen MR) is 55.7 cm³/mol. The molecule has 16 heavy (non-hydrogen) atoms. The highest BCUT2D eigenvalue weighted by atomic mass is 35.5. The second-order valence-electron chi connectivity index (χ2n) is 3.09. The van der Waals surface area contributed by atoms with Crippen molar-refractivity contribution in [3.05, 3.63) is 34.3 Å². The van der Waals surface area contributed by atoms with Gasteiger partial charge in [-0.15, -0.1) is 0 Å². The first-order chi connectivity index (χ1) is 7.42. The Bertz CT molecular complexity index is 410. The van der Waals surface area contributed by atoms with Gasteiger partial charge in [0.25, 0.3) is 5.92 Å². The van der Waals surface area contributed by atoms with Crippen LogP contribution in [0.4, 0.5) is 8.78 Å². The van der Waals surface area contributed by atoms with Gasteiger partial charge in [0.1, 0.15) is 0 Å². The van der Waals surface area contributed by atoms with Gasteiger partial charge in [-0.1, -0.05) is 17.7 Å². The standard InChI is InChI=1S/C10H10ClF2NO2/c1-16-9(15)7-3-2-6(4-8(7)11)10(12,13)5-14/h2-4H,5,14H2,1H3. The number of halogens is 3. The number of ether oxygens (including phenoxy) is 1. The minimum Gasteiger partial charge on any atom is -0.465 e. The Morgan fingerprint density at radius 2 is 2.19 bits per heavy atom. The molecule has 0 fully saturated rings. The number of nitrogens with two attached hydrogens (primary N) is 1. The summed E-state index contributed by atoms with van der Waals surface area (Å²) in [6.07, 6.45) is 0. The van der Waals surface area contributed by atoms with Crippen molar-refractivity contribution >= 4 is 17.6 Å². The van der Waals surface area contributed by atoms with Crippen LogP contribution in [-0.2, 0) is 10.7 Å². The Morgan fingerprint density at radius 3 is 2.62 bits per heavy atom. The van der Waals surface area contributed by atoms with Crippen LogP contribution in [-0.4, -0.2) is 19.6 Å². The number of carbonyl (C=O) groups is 1. The lowest BCUT2D eigenvalue weighted by Gasteiger charge is -2.15. The number of alkyl halides is 2. The maximum atomic E-state index is 13.2. The first kappa shape index (κ1) is 12.9. The molecule has 1 rings (SSSR count). The zero-order valence-corrected chi connectivity index (χ0v) is 9.22. The first-order valence-corrected chi connectivity index (χ1v) is 4.76. The topological polar surface area (TPSA) is 52.3 Å². The van der Waals surface area contributed by atoms with E-state index < -0.39 is 18.4 Å². The van der Waals surface area contributed by atoms with Crippen LogP contribution in [0.2, 0.25) is 5.02 Å². The summed E-state index contributed by atoms with van der Waals surface area (Å²) in [6, 6.07) is 3.30. The summed E-state index contributed by atoms with van der Waals surface area (Å²) < 4.78 is 30.8. The molecule has 0 aliphatic carbocycles. The lowest BCUT2D eigenvalue weighted by atomic mass is 10.1. The van der Waals surface area contributed by atoms with E-state index in [0.29, 0.717) is 0 Å². The smallest absolute Gasteiger partial charge is 0.339 e. The first-order valence-electron chi connectivity index (χ1n) is 4.38. The molecule has 0 aliphatic heterocycles. The molecule has 0 saturated carbocycles. The minimum atomic E-state index is -3.15. The summed E-state index contributed by atoms with van der Waals surface area (Å²) in [4.78, 5) is 11.1. The van der Waals surface area contributed by atoms with Crippen molar-refractivity contribution in [1.82, 2.24) is 0 Å². The van der Waals surface area contributed by atoms with E-state index in [-0.39, 0.29) is 16.1 Å². The normalized spacial score (nSPS) is 11.3. The van der Waals surface area contributed by atoms with Gasteiger partial charge in [-0.3, -0.25) is 0 Å². The van der Waals surface area contributed by atoms with Crippen molar-refractivity contribution in [2.24, 2.45) is 5.73 Å². The molecule has 1 aromatic rings. The monoisotopic (exact) mass is 249 g/mol. The van der Waals surface area contributed by atoms with Gasteiger partial charge in [0.2, 0.25) is 0 Å². The molecule has 0 bridgehead atoms. The van der Waals surface area contributed by atoms with Gasteiger partial charge in [0.15, 0.2) is 0 Å². The molecule has 0 amide bonds. The maximum Gasteiger partial charge on any atom is 0.339 e. The van der Waals surface area contributed by atoms with Crippen molar-refractivity contribution < 1.29 is 18.3 Å². The molecule has 0 spiro atoms. The summed E-state index contributed by atoms with van der Waals surface area (Å²) in [5.74, 6) is -3.83. The Labute approximate surface area is 96.1 Å². The van der Waals surface area contributed by atoms with Crippen molar-refractivity contribution in [1.29, 1.82) is 0 Å². The molecule has 6 heteroatoms. The summed E-state index contributed by atoms with van der Waals surface area (Å²) in [5, 5.41) is -0.0857. The zero-order chi connectivity index (χ0) is 12.3. The Kier molecular flexibility index (Phi) is 3.83. The van der Waals surface area contributed by atoms with Crippen LogP contribution in [0.25, 0.3) is 0 Å². The summed E-state index contributed by atoms with van der Waals surface area (Å²) in [6.45, 7) is -0.819. The van der Waals surface area contributed by atoms with Gasteiger partial charge in [0.05, 0.1) is 24.2 Å². The number of hydrogen-bond acceptors (Lipinski definition) is 3. The van der Waals surface area contributed by atoms with Crippen LogP contribution in [0.15, 0.2) is 18.2 Å². The summed E-state index contributed by atoms with van der Waals surface area (Å²) >= 11 is 5.69. The molecule has 0 unspecified atom stereocenters. The van der Waals surface area contributed by atoms with E-state index in [1.807, 2.05) is 0 Å². The lowest BCUT2D eigenvalue weighted by molar-refractivity contribution is 0.00588. The van der Waals surface area contributed by atoms with Gasteiger partial charge in [-0.2, -0.15) is 8.78 Å². The molecule has 0 radical (unpaired) electrons. The molecule has 0 aromatic heterocycles. The number of rotatable bonds is 3. The quantitative estimate of drug-likeness (QED) is 0.836. The largest absolute Gasteiger partial charge is 0.465 e. The molecular formula is C10H10ClF2NO2. The molecular weight excluding hydrogens is 240 g/mol. The van der Waals surface area contributed by atoms with E-state index in [2.05, 4.69) is 4.74 Å². The van der Waals surface area contributed by atoms with E-state index in [1.54, 1.807) is 0 Å². The number of esters is 1. The van der Waals surface area contributed by atoms with Crippen molar-refractivity contribution in [2.45, 2.75) is 5.92 Å². The average Bonchev–Trinajstić information content (AvgIpc) is 2.28. The SMILES string of the molecule is COC(=O)c1ccc(C(F)(F)CN)cc1Cl. The van der Waals surface area contributed by atoms with Crippen LogP contribution in [0.1, 0.15) is 15.9 Å². The van der Waals surface area contributed by atoms with Crippen LogP contribution in [0.5, 0.6) is 0 Å². The third-order valence-electron chi connectivity index (χ3n) is 2.05. The van der Waals surface area contributed by atoms with E-state index in [1.165, 1.54) is 13.2 Å². The maximum absolute atomic E-state index is 13.2. The second kappa shape index (κ2) is 4.76. The molecule has 0 heterocycles. The second-order valence-corrected chi connectivity index (χ2v) is 3.50. The fourth-order valence-corrected chi connectivity index (χ4v) is 1.39. The fraction of sp³-hybridized carbons (Fsp3) is 0.300. The molecule has 0 saturated heterocycles. The van der Waals surface area contributed by atoms with Gasteiger partial charge in [-0.05, 0) is 12.1 Å². The summed E-state index contributed by atoms with van der Waals surface area (Å²) in [5.41, 5.74) is 4.64. The van der Waals surface area contributed by atoms with Gasteiger partial charge < -0.3 is 10.5 Å². The van der Waals surface area contributed by atoms with E-state index in [9.17, 15) is 13.6 Å². The highest BCUT2D eigenvalue weighted by molar-refractivity contribution is 6.33. The van der Waals surface area contributed by atoms with E-state index in [0.717, 1.165) is 12.1 Å². The molecule has 3 nitrogen and oxygen atoms in total. The van der Waals surface area contributed by atoms with Crippen LogP contribution in [0, 0.1) is 0 Å². The molecule has 0 atom stereocenters. The van der Waals surface area contributed by atoms with Crippen LogP contribution in [0.3, 0.4) is 0 Å². The van der Waals surface area contributed by atoms with Gasteiger partial charge in [0, 0.05) is 5.56 Å². The molecule has 0 aliphatic rings. The van der Waals surface area contributed by atoms with E-state index in [4.69, 9.17) is 17.3 Å². The highest BCUT2D eigenvalue weighted by Gasteiger charge is 2.30. The molecule has 2 N–H and O–H groups in total. The Hall–Kier alpha value is -1.20. The molecule has 1 aromatic carbocycles.